The van der Waals surface area contributed by atoms with Gasteiger partial charge in [0.2, 0.25) is 23.6 Å². The Morgan fingerprint density at radius 1 is 1.28 bits per heavy atom. The zero-order valence-corrected chi connectivity index (χ0v) is 14.6. The number of carbonyl (C=O) groups excluding carboxylic acids is 2. The summed E-state index contributed by atoms with van der Waals surface area (Å²) in [5.41, 5.74) is 11.9. The molecule has 5 N–H and O–H groups in total. The minimum absolute atomic E-state index is 0.112. The Bertz CT molecular complexity index is 769. The van der Waals surface area contributed by atoms with Crippen molar-refractivity contribution < 1.29 is 14.0 Å². The second kappa shape index (κ2) is 7.43. The Labute approximate surface area is 146 Å². The third-order valence-electron chi connectivity index (χ3n) is 3.93. The van der Waals surface area contributed by atoms with Crippen molar-refractivity contribution in [1.82, 2.24) is 15.5 Å². The van der Waals surface area contributed by atoms with Crippen LogP contribution in [0.3, 0.4) is 0 Å². The maximum Gasteiger partial charge on any atom is 0.239 e. The normalized spacial score (nSPS) is 12.6. The van der Waals surface area contributed by atoms with Crippen LogP contribution in [0.1, 0.15) is 49.7 Å². The van der Waals surface area contributed by atoms with E-state index in [9.17, 15) is 9.59 Å². The van der Waals surface area contributed by atoms with Crippen molar-refractivity contribution in [1.29, 1.82) is 0 Å². The Balaban J connectivity index is 2.30. The number of amides is 2. The predicted molar refractivity (Wildman–Crippen MR) is 91.1 cm³/mol. The summed E-state index contributed by atoms with van der Waals surface area (Å²) >= 11 is 0. The molecule has 1 aromatic carbocycles. The summed E-state index contributed by atoms with van der Waals surface area (Å²) in [6.07, 6.45) is 0.450. The highest BCUT2D eigenvalue weighted by Crippen LogP contribution is 2.25. The minimum atomic E-state index is -1.09. The van der Waals surface area contributed by atoms with E-state index >= 15 is 0 Å². The van der Waals surface area contributed by atoms with E-state index < -0.39 is 17.4 Å². The van der Waals surface area contributed by atoms with E-state index in [1.165, 1.54) is 6.92 Å². The Kier molecular flexibility index (Phi) is 5.53. The number of hydrogen-bond donors (Lipinski definition) is 3. The highest BCUT2D eigenvalue weighted by molar-refractivity contribution is 5.84. The molecule has 0 aliphatic heterocycles. The molecule has 0 aliphatic carbocycles. The van der Waals surface area contributed by atoms with Crippen LogP contribution in [0.5, 0.6) is 0 Å². The van der Waals surface area contributed by atoms with E-state index in [-0.39, 0.29) is 17.7 Å². The molecule has 2 amide bonds. The first-order chi connectivity index (χ1) is 11.7. The van der Waals surface area contributed by atoms with Crippen LogP contribution in [0.2, 0.25) is 0 Å². The van der Waals surface area contributed by atoms with Gasteiger partial charge in [0.15, 0.2) is 0 Å². The molecule has 0 spiro atoms. The number of nitrogens with one attached hydrogen (secondary N) is 1. The van der Waals surface area contributed by atoms with E-state index in [0.717, 1.165) is 11.1 Å². The topological polar surface area (TPSA) is 137 Å². The lowest BCUT2D eigenvalue weighted by atomic mass is 9.93. The summed E-state index contributed by atoms with van der Waals surface area (Å²) in [5.74, 6) is -0.470. The van der Waals surface area contributed by atoms with Gasteiger partial charge in [-0.25, -0.2) is 0 Å². The van der Waals surface area contributed by atoms with Crippen molar-refractivity contribution in [3.8, 4) is 0 Å². The molecule has 0 fully saturated rings. The first kappa shape index (κ1) is 18.6. The second-order valence-electron chi connectivity index (χ2n) is 6.42. The third-order valence-corrected chi connectivity index (χ3v) is 3.93. The first-order valence-corrected chi connectivity index (χ1v) is 7.92. The van der Waals surface area contributed by atoms with Gasteiger partial charge in [0, 0.05) is 19.9 Å². The van der Waals surface area contributed by atoms with Crippen LogP contribution in [-0.2, 0) is 28.0 Å². The smallest absolute Gasteiger partial charge is 0.239 e. The van der Waals surface area contributed by atoms with Gasteiger partial charge in [0.05, 0.1) is 0 Å². The molecule has 1 aromatic heterocycles. The monoisotopic (exact) mass is 345 g/mol. The number of nitrogens with zero attached hydrogens (tertiary/aromatic N) is 2. The molecule has 0 saturated heterocycles. The van der Waals surface area contributed by atoms with Crippen LogP contribution in [0.4, 0.5) is 0 Å². The highest BCUT2D eigenvalue weighted by atomic mass is 16.4. The van der Waals surface area contributed by atoms with Gasteiger partial charge in [-0.05, 0) is 25.0 Å². The van der Waals surface area contributed by atoms with E-state index in [0.29, 0.717) is 13.0 Å². The van der Waals surface area contributed by atoms with Crippen LogP contribution in [0.15, 0.2) is 28.7 Å². The van der Waals surface area contributed by atoms with Crippen LogP contribution < -0.4 is 16.8 Å². The minimum Gasteiger partial charge on any atom is -0.422 e. The van der Waals surface area contributed by atoms with E-state index in [1.807, 2.05) is 24.3 Å². The van der Waals surface area contributed by atoms with Gasteiger partial charge in [0.1, 0.15) is 11.5 Å². The Morgan fingerprint density at radius 3 is 2.56 bits per heavy atom. The largest absolute Gasteiger partial charge is 0.422 e. The van der Waals surface area contributed by atoms with Gasteiger partial charge in [-0.3, -0.25) is 9.59 Å². The zero-order chi connectivity index (χ0) is 18.6. The van der Waals surface area contributed by atoms with Gasteiger partial charge >= 0.3 is 0 Å². The quantitative estimate of drug-likeness (QED) is 0.676. The molecule has 1 heterocycles. The maximum absolute atomic E-state index is 11.6. The van der Waals surface area contributed by atoms with Gasteiger partial charge in [-0.2, -0.15) is 0 Å². The van der Waals surface area contributed by atoms with Crippen LogP contribution >= 0.6 is 0 Å². The number of carbonyl (C=O) groups is 2. The lowest BCUT2D eigenvalue weighted by Crippen LogP contribution is -2.35. The van der Waals surface area contributed by atoms with Crippen LogP contribution in [-0.4, -0.2) is 22.0 Å². The van der Waals surface area contributed by atoms with Crippen molar-refractivity contribution in [2.45, 2.75) is 45.2 Å². The molecule has 0 radical (unpaired) electrons. The molecule has 2 rings (SSSR count). The maximum atomic E-state index is 11.6. The van der Waals surface area contributed by atoms with Gasteiger partial charge in [0.25, 0.3) is 0 Å². The number of primary amides is 1. The second-order valence-corrected chi connectivity index (χ2v) is 6.42. The van der Waals surface area contributed by atoms with E-state index in [4.69, 9.17) is 15.9 Å². The van der Waals surface area contributed by atoms with Crippen molar-refractivity contribution in [2.75, 3.05) is 0 Å². The SMILES string of the molecule is CC(=O)NC(Cc1cccc(CN)c1)c1nnc(C(C)(C)C(N)=O)o1. The highest BCUT2D eigenvalue weighted by Gasteiger charge is 2.34. The summed E-state index contributed by atoms with van der Waals surface area (Å²) in [6, 6.07) is 7.20. The Morgan fingerprint density at radius 2 is 1.96 bits per heavy atom. The van der Waals surface area contributed by atoms with Gasteiger partial charge < -0.3 is 21.2 Å². The summed E-state index contributed by atoms with van der Waals surface area (Å²) in [7, 11) is 0. The summed E-state index contributed by atoms with van der Waals surface area (Å²) in [6.45, 7) is 5.04. The fourth-order valence-electron chi connectivity index (χ4n) is 2.30. The van der Waals surface area contributed by atoms with Gasteiger partial charge in [-0.1, -0.05) is 24.3 Å². The van der Waals surface area contributed by atoms with Crippen LogP contribution in [0.25, 0.3) is 0 Å². The lowest BCUT2D eigenvalue weighted by Gasteiger charge is -2.16. The summed E-state index contributed by atoms with van der Waals surface area (Å²) < 4.78 is 5.64. The van der Waals surface area contributed by atoms with Crippen molar-refractivity contribution >= 4 is 11.8 Å². The molecule has 8 nitrogen and oxygen atoms in total. The first-order valence-electron chi connectivity index (χ1n) is 7.92. The van der Waals surface area contributed by atoms with Crippen molar-refractivity contribution in [3.05, 3.63) is 47.2 Å². The number of aromatic nitrogens is 2. The average Bonchev–Trinajstić information content (AvgIpc) is 3.04. The molecule has 1 unspecified atom stereocenters. The summed E-state index contributed by atoms with van der Waals surface area (Å²) in [4.78, 5) is 23.1. The molecule has 1 atom stereocenters. The molecular weight excluding hydrogens is 322 g/mol. The van der Waals surface area contributed by atoms with Crippen molar-refractivity contribution in [3.63, 3.8) is 0 Å². The molecule has 2 aromatic rings. The molecule has 8 heteroatoms. The lowest BCUT2D eigenvalue weighted by molar-refractivity contribution is -0.123. The predicted octanol–water partition coefficient (Wildman–Crippen LogP) is 0.711. The fourth-order valence-corrected chi connectivity index (χ4v) is 2.30. The van der Waals surface area contributed by atoms with E-state index in [2.05, 4.69) is 15.5 Å². The molecule has 134 valence electrons. The standard InChI is InChI=1S/C17H23N5O3/c1-10(23)20-13(8-11-5-4-6-12(7-11)9-18)14-21-22-16(25-14)17(2,3)15(19)24/h4-7,13H,8-9,18H2,1-3H3,(H2,19,24)(H,20,23). The van der Waals surface area contributed by atoms with Crippen LogP contribution in [0, 0.1) is 0 Å². The zero-order valence-electron chi connectivity index (χ0n) is 14.6. The fraction of sp³-hybridized carbons (Fsp3) is 0.412. The molecule has 0 bridgehead atoms. The molecule has 0 saturated carbocycles. The molecule has 25 heavy (non-hydrogen) atoms. The van der Waals surface area contributed by atoms with E-state index in [1.54, 1.807) is 13.8 Å². The number of hydrogen-bond acceptors (Lipinski definition) is 6. The van der Waals surface area contributed by atoms with Gasteiger partial charge in [-0.15, -0.1) is 10.2 Å². The molecule has 0 aliphatic rings. The Hall–Kier alpha value is -2.74. The number of rotatable bonds is 7. The number of benzene rings is 1. The average molecular weight is 345 g/mol. The van der Waals surface area contributed by atoms with Crippen molar-refractivity contribution in [2.24, 2.45) is 11.5 Å². The summed E-state index contributed by atoms with van der Waals surface area (Å²) in [5, 5.41) is 10.7. The number of nitrogens with two attached hydrogens (primary N) is 2. The molecular formula is C17H23N5O3. The third kappa shape index (κ3) is 4.42.